The summed E-state index contributed by atoms with van der Waals surface area (Å²) in [6.07, 6.45) is 12.4. The highest BCUT2D eigenvalue weighted by molar-refractivity contribution is 5.25. The van der Waals surface area contributed by atoms with E-state index in [2.05, 4.69) is 37.5 Å². The second-order valence-electron chi connectivity index (χ2n) is 4.16. The van der Waals surface area contributed by atoms with Crippen LogP contribution in [0.4, 0.5) is 0 Å². The first-order valence-corrected chi connectivity index (χ1v) is 6.99. The maximum Gasteiger partial charge on any atom is 0.0316 e. The average Bonchev–Trinajstić information content (AvgIpc) is 2.42. The van der Waals surface area contributed by atoms with Gasteiger partial charge in [-0.3, -0.25) is 4.90 Å². The Hall–Kier alpha value is -0.820. The molecule has 0 radical (unpaired) electrons. The summed E-state index contributed by atoms with van der Waals surface area (Å²) >= 11 is 0. The lowest BCUT2D eigenvalue weighted by atomic mass is 10.0. The van der Waals surface area contributed by atoms with Gasteiger partial charge in [-0.2, -0.15) is 0 Å². The lowest BCUT2D eigenvalue weighted by molar-refractivity contribution is 0.196. The first-order valence-electron chi connectivity index (χ1n) is 6.99. The third kappa shape index (κ3) is 5.88. The quantitative estimate of drug-likeness (QED) is 0.645. The van der Waals surface area contributed by atoms with E-state index in [0.717, 1.165) is 0 Å². The third-order valence-corrected chi connectivity index (χ3v) is 3.18. The van der Waals surface area contributed by atoms with Gasteiger partial charge in [0.2, 0.25) is 0 Å². The highest BCUT2D eigenvalue weighted by atomic mass is 15.2. The molecule has 1 heterocycles. The number of likely N-dealkylation sites (tertiary alicyclic amines) is 1. The number of hydrogen-bond acceptors (Lipinski definition) is 1. The van der Waals surface area contributed by atoms with E-state index in [-0.39, 0.29) is 0 Å². The second-order valence-corrected chi connectivity index (χ2v) is 4.16. The van der Waals surface area contributed by atoms with Crippen LogP contribution < -0.4 is 0 Å². The molecule has 1 atom stereocenters. The minimum atomic E-state index is 0.548. The van der Waals surface area contributed by atoms with Gasteiger partial charge in [0.05, 0.1) is 0 Å². The van der Waals surface area contributed by atoms with Crippen molar-refractivity contribution in [3.05, 3.63) is 36.5 Å². The van der Waals surface area contributed by atoms with E-state index in [1.165, 1.54) is 37.9 Å². The number of hydrogen-bond donors (Lipinski definition) is 0. The fraction of sp³-hybridized carbons (Fsp3) is 0.625. The van der Waals surface area contributed by atoms with Crippen LogP contribution in [0.1, 0.15) is 47.0 Å². The van der Waals surface area contributed by atoms with E-state index in [1.807, 2.05) is 26.0 Å². The van der Waals surface area contributed by atoms with Crippen LogP contribution in [-0.4, -0.2) is 24.0 Å². The van der Waals surface area contributed by atoms with Crippen LogP contribution in [-0.2, 0) is 0 Å². The first-order chi connectivity index (χ1) is 8.29. The van der Waals surface area contributed by atoms with Gasteiger partial charge in [-0.05, 0) is 45.4 Å². The minimum absolute atomic E-state index is 0.548. The lowest BCUT2D eigenvalue weighted by Gasteiger charge is -2.33. The number of nitrogens with zero attached hydrogens (tertiary/aromatic N) is 1. The summed E-state index contributed by atoms with van der Waals surface area (Å²) in [6.45, 7) is 14.6. The Labute approximate surface area is 108 Å². The summed E-state index contributed by atoms with van der Waals surface area (Å²) in [5.41, 5.74) is 1.40. The molecule has 1 aliphatic rings. The van der Waals surface area contributed by atoms with Crippen molar-refractivity contribution in [1.82, 2.24) is 4.90 Å². The fourth-order valence-electron chi connectivity index (χ4n) is 2.17. The molecule has 0 aromatic heterocycles. The van der Waals surface area contributed by atoms with Crippen molar-refractivity contribution < 1.29 is 0 Å². The molecule has 1 fully saturated rings. The molecule has 17 heavy (non-hydrogen) atoms. The van der Waals surface area contributed by atoms with E-state index in [4.69, 9.17) is 0 Å². The standard InChI is InChI=1S/C14H23N.C2H6/c1-4-6-10-14(5-2)13(3)15-11-8-7-9-12-15;1-2/h4-6,10,13H,1,7-9,11-12H2,2-3H3;1-2H3/b10-6-,14-5+;. The largest absolute Gasteiger partial charge is 0.297 e. The zero-order chi connectivity index (χ0) is 13.1. The summed E-state index contributed by atoms with van der Waals surface area (Å²) in [4.78, 5) is 2.58. The van der Waals surface area contributed by atoms with Crippen LogP contribution in [0, 0.1) is 0 Å². The molecule has 1 saturated heterocycles. The number of rotatable bonds is 4. The van der Waals surface area contributed by atoms with Crippen LogP contribution in [0.15, 0.2) is 36.5 Å². The summed E-state index contributed by atoms with van der Waals surface area (Å²) in [5, 5.41) is 0. The summed E-state index contributed by atoms with van der Waals surface area (Å²) in [7, 11) is 0. The van der Waals surface area contributed by atoms with E-state index in [0.29, 0.717) is 6.04 Å². The van der Waals surface area contributed by atoms with Crippen molar-refractivity contribution in [2.75, 3.05) is 13.1 Å². The Morgan fingerprint density at radius 1 is 1.18 bits per heavy atom. The average molecular weight is 235 g/mol. The SMILES string of the molecule is C=C/C=C\C(=C/C)C(C)N1CCCCC1.CC. The number of piperidine rings is 1. The predicted octanol–water partition coefficient (Wildman–Crippen LogP) is 4.58. The van der Waals surface area contributed by atoms with Gasteiger partial charge in [0, 0.05) is 6.04 Å². The molecule has 1 aliphatic heterocycles. The van der Waals surface area contributed by atoms with Crippen molar-refractivity contribution in [2.45, 2.75) is 53.0 Å². The third-order valence-electron chi connectivity index (χ3n) is 3.18. The van der Waals surface area contributed by atoms with Gasteiger partial charge in [-0.15, -0.1) is 0 Å². The summed E-state index contributed by atoms with van der Waals surface area (Å²) < 4.78 is 0. The molecular weight excluding hydrogens is 206 g/mol. The summed E-state index contributed by atoms with van der Waals surface area (Å²) in [5.74, 6) is 0. The molecule has 1 heteroatoms. The molecular formula is C16H29N. The number of allylic oxidation sites excluding steroid dienone is 3. The molecule has 0 N–H and O–H groups in total. The molecule has 1 rings (SSSR count). The molecule has 0 aromatic rings. The van der Waals surface area contributed by atoms with Gasteiger partial charge in [0.25, 0.3) is 0 Å². The van der Waals surface area contributed by atoms with Gasteiger partial charge >= 0.3 is 0 Å². The van der Waals surface area contributed by atoms with Crippen molar-refractivity contribution >= 4 is 0 Å². The van der Waals surface area contributed by atoms with Crippen molar-refractivity contribution in [3.63, 3.8) is 0 Å². The Bertz CT molecular complexity index is 244. The van der Waals surface area contributed by atoms with Gasteiger partial charge in [-0.25, -0.2) is 0 Å². The molecule has 1 nitrogen and oxygen atoms in total. The maximum absolute atomic E-state index is 3.71. The zero-order valence-corrected chi connectivity index (χ0v) is 12.1. The van der Waals surface area contributed by atoms with Gasteiger partial charge in [-0.1, -0.05) is 51.2 Å². The van der Waals surface area contributed by atoms with Gasteiger partial charge < -0.3 is 0 Å². The molecule has 0 bridgehead atoms. The van der Waals surface area contributed by atoms with Crippen molar-refractivity contribution in [2.24, 2.45) is 0 Å². The maximum atomic E-state index is 3.71. The fourth-order valence-corrected chi connectivity index (χ4v) is 2.17. The van der Waals surface area contributed by atoms with Crippen molar-refractivity contribution in [3.8, 4) is 0 Å². The first kappa shape index (κ1) is 16.2. The molecule has 0 saturated carbocycles. The smallest absolute Gasteiger partial charge is 0.0316 e. The van der Waals surface area contributed by atoms with Crippen LogP contribution in [0.25, 0.3) is 0 Å². The summed E-state index contributed by atoms with van der Waals surface area (Å²) in [6, 6.07) is 0.548. The van der Waals surface area contributed by atoms with Crippen LogP contribution in [0.3, 0.4) is 0 Å². The van der Waals surface area contributed by atoms with Crippen LogP contribution in [0.2, 0.25) is 0 Å². The van der Waals surface area contributed by atoms with Crippen LogP contribution in [0.5, 0.6) is 0 Å². The molecule has 0 aliphatic carbocycles. The second kappa shape index (κ2) is 10.3. The minimum Gasteiger partial charge on any atom is -0.297 e. The van der Waals surface area contributed by atoms with E-state index in [1.54, 1.807) is 0 Å². The normalized spacial score (nSPS) is 19.6. The molecule has 0 amide bonds. The van der Waals surface area contributed by atoms with Crippen LogP contribution >= 0.6 is 0 Å². The predicted molar refractivity (Wildman–Crippen MR) is 79.3 cm³/mol. The molecule has 98 valence electrons. The lowest BCUT2D eigenvalue weighted by Crippen LogP contribution is -2.38. The topological polar surface area (TPSA) is 3.24 Å². The Morgan fingerprint density at radius 2 is 1.76 bits per heavy atom. The van der Waals surface area contributed by atoms with E-state index >= 15 is 0 Å². The zero-order valence-electron chi connectivity index (χ0n) is 12.1. The molecule has 1 unspecified atom stereocenters. The Kier molecular flexibility index (Phi) is 9.84. The molecule has 0 spiro atoms. The molecule has 0 aromatic carbocycles. The highest BCUT2D eigenvalue weighted by Gasteiger charge is 2.17. The highest BCUT2D eigenvalue weighted by Crippen LogP contribution is 2.17. The van der Waals surface area contributed by atoms with E-state index in [9.17, 15) is 0 Å². The van der Waals surface area contributed by atoms with Crippen molar-refractivity contribution in [1.29, 1.82) is 0 Å². The van der Waals surface area contributed by atoms with Gasteiger partial charge in [0.1, 0.15) is 0 Å². The Balaban J connectivity index is 0.00000121. The van der Waals surface area contributed by atoms with E-state index < -0.39 is 0 Å². The van der Waals surface area contributed by atoms with Gasteiger partial charge in [0.15, 0.2) is 0 Å². The monoisotopic (exact) mass is 235 g/mol. The Morgan fingerprint density at radius 3 is 2.24 bits per heavy atom.